The maximum atomic E-state index is 11.3. The van der Waals surface area contributed by atoms with Crippen molar-refractivity contribution in [1.29, 1.82) is 0 Å². The third-order valence-electron chi connectivity index (χ3n) is 3.35. The number of nitrogens with zero attached hydrogens (tertiary/aromatic N) is 1. The average Bonchev–Trinajstić information content (AvgIpc) is 2.41. The molecule has 1 atom stereocenters. The van der Waals surface area contributed by atoms with Crippen molar-refractivity contribution in [3.05, 3.63) is 29.8 Å². The van der Waals surface area contributed by atoms with E-state index in [1.807, 2.05) is 31.2 Å². The number of hydrogen-bond acceptors (Lipinski definition) is 4. The minimum atomic E-state index is -0.275. The number of aryl methyl sites for hydroxylation is 1. The lowest BCUT2D eigenvalue weighted by molar-refractivity contribution is -0.123. The molecule has 1 aromatic carbocycles. The van der Waals surface area contributed by atoms with Gasteiger partial charge in [0.1, 0.15) is 18.4 Å². The molecule has 1 aliphatic rings. The molecular weight excluding hydrogens is 242 g/mol. The second-order valence-electron chi connectivity index (χ2n) is 4.82. The van der Waals surface area contributed by atoms with Gasteiger partial charge in [0.2, 0.25) is 5.91 Å². The second-order valence-corrected chi connectivity index (χ2v) is 4.82. The molecule has 0 aromatic heterocycles. The van der Waals surface area contributed by atoms with Crippen LogP contribution in [0.5, 0.6) is 5.75 Å². The first-order valence-electron chi connectivity index (χ1n) is 6.60. The zero-order valence-electron chi connectivity index (χ0n) is 11.3. The summed E-state index contributed by atoms with van der Waals surface area (Å²) in [4.78, 5) is 13.4. The number of primary amides is 1. The smallest absolute Gasteiger partial charge is 0.236 e. The molecule has 1 aliphatic heterocycles. The molecule has 1 fully saturated rings. The van der Waals surface area contributed by atoms with Crippen LogP contribution in [0.2, 0.25) is 0 Å². The van der Waals surface area contributed by atoms with Crippen LogP contribution in [0.4, 0.5) is 0 Å². The molecule has 5 heteroatoms. The van der Waals surface area contributed by atoms with Gasteiger partial charge in [-0.2, -0.15) is 0 Å². The Morgan fingerprint density at radius 3 is 2.89 bits per heavy atom. The molecule has 19 heavy (non-hydrogen) atoms. The highest BCUT2D eigenvalue weighted by atomic mass is 16.5. The largest absolute Gasteiger partial charge is 0.492 e. The van der Waals surface area contributed by atoms with Gasteiger partial charge in [-0.05, 0) is 19.1 Å². The number of benzene rings is 1. The van der Waals surface area contributed by atoms with Gasteiger partial charge in [-0.3, -0.25) is 9.69 Å². The topological polar surface area (TPSA) is 67.6 Å². The van der Waals surface area contributed by atoms with Crippen molar-refractivity contribution in [3.63, 3.8) is 0 Å². The first-order chi connectivity index (χ1) is 9.16. The lowest BCUT2D eigenvalue weighted by Gasteiger charge is -2.33. The van der Waals surface area contributed by atoms with Crippen molar-refractivity contribution in [2.24, 2.45) is 5.73 Å². The van der Waals surface area contributed by atoms with Gasteiger partial charge in [0.25, 0.3) is 0 Å². The number of ether oxygens (including phenoxy) is 1. The molecular formula is C14H21N3O2. The predicted octanol–water partition coefficient (Wildman–Crippen LogP) is 0.133. The first kappa shape index (κ1) is 13.8. The van der Waals surface area contributed by atoms with Gasteiger partial charge in [-0.15, -0.1) is 0 Å². The number of carbonyl (C=O) groups is 1. The second kappa shape index (κ2) is 6.54. The number of amides is 1. The molecule has 104 valence electrons. The molecule has 1 saturated heterocycles. The molecule has 1 aromatic rings. The standard InChI is InChI=1S/C14H21N3O2/c1-11-2-4-12(5-3-11)19-9-8-17-7-6-16-10-13(17)14(15)18/h2-5,13,16H,6-10H2,1H3,(H2,15,18). The number of nitrogens with two attached hydrogens (primary N) is 1. The van der Waals surface area contributed by atoms with Gasteiger partial charge in [0.05, 0.1) is 0 Å². The third-order valence-corrected chi connectivity index (χ3v) is 3.35. The van der Waals surface area contributed by atoms with Crippen LogP contribution >= 0.6 is 0 Å². The summed E-state index contributed by atoms with van der Waals surface area (Å²) in [5, 5.41) is 3.18. The van der Waals surface area contributed by atoms with Crippen LogP contribution in [-0.4, -0.2) is 49.6 Å². The van der Waals surface area contributed by atoms with Crippen LogP contribution in [0.15, 0.2) is 24.3 Å². The van der Waals surface area contributed by atoms with Gasteiger partial charge >= 0.3 is 0 Å². The number of carbonyl (C=O) groups excluding carboxylic acids is 1. The van der Waals surface area contributed by atoms with E-state index in [1.54, 1.807) is 0 Å². The number of nitrogens with one attached hydrogen (secondary N) is 1. The summed E-state index contributed by atoms with van der Waals surface area (Å²) >= 11 is 0. The molecule has 5 nitrogen and oxygen atoms in total. The van der Waals surface area contributed by atoms with Crippen molar-refractivity contribution < 1.29 is 9.53 Å². The summed E-state index contributed by atoms with van der Waals surface area (Å²) in [6, 6.07) is 7.73. The Kier molecular flexibility index (Phi) is 4.76. The predicted molar refractivity (Wildman–Crippen MR) is 74.1 cm³/mol. The SMILES string of the molecule is Cc1ccc(OCCN2CCNCC2C(N)=O)cc1. The maximum Gasteiger partial charge on any atom is 0.236 e. The van der Waals surface area contributed by atoms with Crippen LogP contribution in [-0.2, 0) is 4.79 Å². The summed E-state index contributed by atoms with van der Waals surface area (Å²) in [6.45, 7) is 5.65. The Balaban J connectivity index is 1.80. The van der Waals surface area contributed by atoms with Crippen LogP contribution in [0.25, 0.3) is 0 Å². The highest BCUT2D eigenvalue weighted by Gasteiger charge is 2.26. The van der Waals surface area contributed by atoms with Gasteiger partial charge in [-0.1, -0.05) is 17.7 Å². The minimum absolute atomic E-state index is 0.227. The molecule has 3 N–H and O–H groups in total. The zero-order chi connectivity index (χ0) is 13.7. The molecule has 0 aliphatic carbocycles. The van der Waals surface area contributed by atoms with E-state index in [-0.39, 0.29) is 11.9 Å². The van der Waals surface area contributed by atoms with E-state index in [4.69, 9.17) is 10.5 Å². The van der Waals surface area contributed by atoms with Crippen molar-refractivity contribution in [1.82, 2.24) is 10.2 Å². The molecule has 1 heterocycles. The lowest BCUT2D eigenvalue weighted by Crippen LogP contribution is -2.57. The van der Waals surface area contributed by atoms with Gasteiger partial charge < -0.3 is 15.8 Å². The summed E-state index contributed by atoms with van der Waals surface area (Å²) in [5.41, 5.74) is 6.61. The number of piperazine rings is 1. The summed E-state index contributed by atoms with van der Waals surface area (Å²) in [6.07, 6.45) is 0. The Morgan fingerprint density at radius 2 is 2.21 bits per heavy atom. The molecule has 1 unspecified atom stereocenters. The van der Waals surface area contributed by atoms with Gasteiger partial charge in [0.15, 0.2) is 0 Å². The fraction of sp³-hybridized carbons (Fsp3) is 0.500. The summed E-state index contributed by atoms with van der Waals surface area (Å²) < 4.78 is 5.68. The molecule has 0 radical (unpaired) electrons. The van der Waals surface area contributed by atoms with Crippen molar-refractivity contribution >= 4 is 5.91 Å². The lowest BCUT2D eigenvalue weighted by atomic mass is 10.2. The number of rotatable bonds is 5. The molecule has 0 bridgehead atoms. The third kappa shape index (κ3) is 3.94. The van der Waals surface area contributed by atoms with Crippen LogP contribution in [0.1, 0.15) is 5.56 Å². The van der Waals surface area contributed by atoms with E-state index in [9.17, 15) is 4.79 Å². The van der Waals surface area contributed by atoms with E-state index in [0.29, 0.717) is 19.7 Å². The fourth-order valence-corrected chi connectivity index (χ4v) is 2.21. The first-order valence-corrected chi connectivity index (χ1v) is 6.60. The van der Waals surface area contributed by atoms with E-state index >= 15 is 0 Å². The molecule has 0 spiro atoms. The van der Waals surface area contributed by atoms with Gasteiger partial charge in [0, 0.05) is 26.2 Å². The van der Waals surface area contributed by atoms with Gasteiger partial charge in [-0.25, -0.2) is 0 Å². The zero-order valence-corrected chi connectivity index (χ0v) is 11.3. The Hall–Kier alpha value is -1.59. The van der Waals surface area contributed by atoms with E-state index in [2.05, 4.69) is 10.2 Å². The molecule has 1 amide bonds. The molecule has 2 rings (SSSR count). The monoisotopic (exact) mass is 263 g/mol. The maximum absolute atomic E-state index is 11.3. The van der Waals surface area contributed by atoms with Crippen LogP contribution < -0.4 is 15.8 Å². The van der Waals surface area contributed by atoms with E-state index in [0.717, 1.165) is 18.8 Å². The van der Waals surface area contributed by atoms with Crippen LogP contribution in [0, 0.1) is 6.92 Å². The van der Waals surface area contributed by atoms with E-state index in [1.165, 1.54) is 5.56 Å². The number of hydrogen-bond donors (Lipinski definition) is 2. The highest BCUT2D eigenvalue weighted by Crippen LogP contribution is 2.11. The Morgan fingerprint density at radius 1 is 1.47 bits per heavy atom. The Bertz CT molecular complexity index is 419. The summed E-state index contributed by atoms with van der Waals surface area (Å²) in [5.74, 6) is 0.582. The normalized spacial score (nSPS) is 20.2. The van der Waals surface area contributed by atoms with Crippen LogP contribution in [0.3, 0.4) is 0 Å². The molecule has 0 saturated carbocycles. The fourth-order valence-electron chi connectivity index (χ4n) is 2.21. The summed E-state index contributed by atoms with van der Waals surface area (Å²) in [7, 11) is 0. The highest BCUT2D eigenvalue weighted by molar-refractivity contribution is 5.80. The Labute approximate surface area is 113 Å². The van der Waals surface area contributed by atoms with E-state index < -0.39 is 0 Å². The quantitative estimate of drug-likeness (QED) is 0.792. The average molecular weight is 263 g/mol. The minimum Gasteiger partial charge on any atom is -0.492 e. The van der Waals surface area contributed by atoms with Crippen molar-refractivity contribution in [2.45, 2.75) is 13.0 Å². The van der Waals surface area contributed by atoms with Crippen molar-refractivity contribution in [3.8, 4) is 5.75 Å². The van der Waals surface area contributed by atoms with Crippen molar-refractivity contribution in [2.75, 3.05) is 32.8 Å².